The molecule has 0 amide bonds. The lowest BCUT2D eigenvalue weighted by atomic mass is 10.0. The number of hydrogen-bond acceptors (Lipinski definition) is 2. The van der Waals surface area contributed by atoms with Gasteiger partial charge in [-0.25, -0.2) is 0 Å². The highest BCUT2D eigenvalue weighted by atomic mass is 79.9. The van der Waals surface area contributed by atoms with E-state index in [1.54, 1.807) is 0 Å². The molecule has 0 aliphatic rings. The molecule has 1 unspecified atom stereocenters. The van der Waals surface area contributed by atoms with Crippen LogP contribution in [0.15, 0.2) is 28.7 Å². The van der Waals surface area contributed by atoms with Gasteiger partial charge in [-0.1, -0.05) is 35.0 Å². The van der Waals surface area contributed by atoms with E-state index in [1.165, 1.54) is 5.56 Å². The molecule has 1 aromatic carbocycles. The van der Waals surface area contributed by atoms with Crippen molar-refractivity contribution in [3.63, 3.8) is 0 Å². The molecule has 0 heterocycles. The summed E-state index contributed by atoms with van der Waals surface area (Å²) in [4.78, 5) is 0. The van der Waals surface area contributed by atoms with Crippen molar-refractivity contribution in [3.8, 4) is 0 Å². The van der Waals surface area contributed by atoms with E-state index in [-0.39, 0.29) is 12.6 Å². The maximum atomic E-state index is 8.89. The summed E-state index contributed by atoms with van der Waals surface area (Å²) in [5.74, 6) is 0.455. The highest BCUT2D eigenvalue weighted by molar-refractivity contribution is 9.10. The van der Waals surface area contributed by atoms with Crippen LogP contribution in [-0.2, 0) is 0 Å². The van der Waals surface area contributed by atoms with Crippen molar-refractivity contribution < 1.29 is 5.11 Å². The standard InChI is InChI=1S/C12H18BrNO/c1-9(7-14-10(2)8-15)11-4-3-5-12(13)6-11/h3-6,9-10,14-15H,7-8H2,1-2H3/t9?,10-/m0/s1. The van der Waals surface area contributed by atoms with Gasteiger partial charge in [0.25, 0.3) is 0 Å². The average molecular weight is 272 g/mol. The predicted octanol–water partition coefficient (Wildman–Crippen LogP) is 2.52. The van der Waals surface area contributed by atoms with Crippen molar-refractivity contribution in [2.24, 2.45) is 0 Å². The topological polar surface area (TPSA) is 32.3 Å². The van der Waals surface area contributed by atoms with Crippen LogP contribution in [0.5, 0.6) is 0 Å². The first-order chi connectivity index (χ1) is 7.13. The molecule has 3 heteroatoms. The van der Waals surface area contributed by atoms with E-state index in [0.29, 0.717) is 5.92 Å². The van der Waals surface area contributed by atoms with Crippen molar-refractivity contribution in [1.82, 2.24) is 5.32 Å². The molecule has 0 radical (unpaired) electrons. The van der Waals surface area contributed by atoms with Crippen LogP contribution in [0.2, 0.25) is 0 Å². The lowest BCUT2D eigenvalue weighted by Gasteiger charge is -2.16. The molecule has 1 aromatic rings. The van der Waals surface area contributed by atoms with Crippen LogP contribution in [-0.4, -0.2) is 24.3 Å². The minimum Gasteiger partial charge on any atom is -0.395 e. The van der Waals surface area contributed by atoms with Crippen LogP contribution in [0.3, 0.4) is 0 Å². The Morgan fingerprint density at radius 3 is 2.73 bits per heavy atom. The third kappa shape index (κ3) is 4.33. The van der Waals surface area contributed by atoms with Crippen LogP contribution < -0.4 is 5.32 Å². The monoisotopic (exact) mass is 271 g/mol. The first-order valence-electron chi connectivity index (χ1n) is 5.23. The maximum Gasteiger partial charge on any atom is 0.0581 e. The summed E-state index contributed by atoms with van der Waals surface area (Å²) in [6.07, 6.45) is 0. The normalized spacial score (nSPS) is 14.9. The summed E-state index contributed by atoms with van der Waals surface area (Å²) >= 11 is 3.46. The highest BCUT2D eigenvalue weighted by Gasteiger charge is 2.07. The Morgan fingerprint density at radius 1 is 1.40 bits per heavy atom. The van der Waals surface area contributed by atoms with E-state index in [4.69, 9.17) is 5.11 Å². The number of rotatable bonds is 5. The maximum absolute atomic E-state index is 8.89. The number of benzene rings is 1. The summed E-state index contributed by atoms with van der Waals surface area (Å²) in [7, 11) is 0. The SMILES string of the molecule is CC(CN[C@@H](C)CO)c1cccc(Br)c1. The molecule has 84 valence electrons. The Labute approximate surface area is 99.8 Å². The largest absolute Gasteiger partial charge is 0.395 e. The average Bonchev–Trinajstić information content (AvgIpc) is 2.25. The van der Waals surface area contributed by atoms with E-state index in [2.05, 4.69) is 40.3 Å². The minimum absolute atomic E-state index is 0.166. The zero-order chi connectivity index (χ0) is 11.3. The van der Waals surface area contributed by atoms with Gasteiger partial charge in [0.15, 0.2) is 0 Å². The lowest BCUT2D eigenvalue weighted by Crippen LogP contribution is -2.32. The quantitative estimate of drug-likeness (QED) is 0.863. The van der Waals surface area contributed by atoms with Crippen molar-refractivity contribution in [1.29, 1.82) is 0 Å². The zero-order valence-electron chi connectivity index (χ0n) is 9.20. The van der Waals surface area contributed by atoms with Crippen LogP contribution in [0, 0.1) is 0 Å². The molecule has 2 nitrogen and oxygen atoms in total. The van der Waals surface area contributed by atoms with E-state index >= 15 is 0 Å². The van der Waals surface area contributed by atoms with Gasteiger partial charge >= 0.3 is 0 Å². The van der Waals surface area contributed by atoms with Gasteiger partial charge in [-0.3, -0.25) is 0 Å². The van der Waals surface area contributed by atoms with Crippen LogP contribution in [0.4, 0.5) is 0 Å². The Bertz CT molecular complexity index is 303. The molecular formula is C12H18BrNO. The van der Waals surface area contributed by atoms with Gasteiger partial charge in [0.05, 0.1) is 6.61 Å². The summed E-state index contributed by atoms with van der Waals surface area (Å²) in [6.45, 7) is 5.23. The number of aliphatic hydroxyl groups excluding tert-OH is 1. The van der Waals surface area contributed by atoms with Crippen molar-refractivity contribution >= 4 is 15.9 Å². The molecule has 0 aliphatic heterocycles. The number of aliphatic hydroxyl groups is 1. The van der Waals surface area contributed by atoms with Gasteiger partial charge in [-0.2, -0.15) is 0 Å². The Morgan fingerprint density at radius 2 is 2.13 bits per heavy atom. The molecule has 0 spiro atoms. The van der Waals surface area contributed by atoms with Gasteiger partial charge < -0.3 is 10.4 Å². The van der Waals surface area contributed by atoms with Gasteiger partial charge in [-0.15, -0.1) is 0 Å². The van der Waals surface area contributed by atoms with E-state index in [1.807, 2.05) is 19.1 Å². The van der Waals surface area contributed by atoms with Gasteiger partial charge in [0.2, 0.25) is 0 Å². The second kappa shape index (κ2) is 6.26. The van der Waals surface area contributed by atoms with Crippen molar-refractivity contribution in [3.05, 3.63) is 34.3 Å². The van der Waals surface area contributed by atoms with Gasteiger partial charge in [-0.05, 0) is 30.5 Å². The third-order valence-corrected chi connectivity index (χ3v) is 2.96. The van der Waals surface area contributed by atoms with Crippen LogP contribution in [0.25, 0.3) is 0 Å². The van der Waals surface area contributed by atoms with Crippen molar-refractivity contribution in [2.45, 2.75) is 25.8 Å². The third-order valence-electron chi connectivity index (χ3n) is 2.46. The summed E-state index contributed by atoms with van der Waals surface area (Å²) in [5, 5.41) is 12.2. The molecule has 2 atom stereocenters. The van der Waals surface area contributed by atoms with Crippen molar-refractivity contribution in [2.75, 3.05) is 13.2 Å². The van der Waals surface area contributed by atoms with Gasteiger partial charge in [0.1, 0.15) is 0 Å². The minimum atomic E-state index is 0.166. The molecule has 0 bridgehead atoms. The van der Waals surface area contributed by atoms with E-state index < -0.39 is 0 Å². The fourth-order valence-corrected chi connectivity index (χ4v) is 1.79. The molecule has 0 saturated heterocycles. The molecule has 0 saturated carbocycles. The smallest absolute Gasteiger partial charge is 0.0581 e. The summed E-state index contributed by atoms with van der Waals surface area (Å²) in [6, 6.07) is 8.50. The summed E-state index contributed by atoms with van der Waals surface area (Å²) < 4.78 is 1.11. The second-order valence-corrected chi connectivity index (χ2v) is 4.86. The molecule has 0 aliphatic carbocycles. The van der Waals surface area contributed by atoms with Crippen LogP contribution >= 0.6 is 15.9 Å². The first-order valence-corrected chi connectivity index (χ1v) is 6.02. The highest BCUT2D eigenvalue weighted by Crippen LogP contribution is 2.19. The molecule has 15 heavy (non-hydrogen) atoms. The second-order valence-electron chi connectivity index (χ2n) is 3.95. The number of halogens is 1. The molecule has 0 aromatic heterocycles. The fraction of sp³-hybridized carbons (Fsp3) is 0.500. The Kier molecular flexibility index (Phi) is 5.29. The first kappa shape index (κ1) is 12.7. The van der Waals surface area contributed by atoms with Crippen LogP contribution in [0.1, 0.15) is 25.3 Å². The lowest BCUT2D eigenvalue weighted by molar-refractivity contribution is 0.250. The summed E-state index contributed by atoms with van der Waals surface area (Å²) in [5.41, 5.74) is 1.31. The molecule has 1 rings (SSSR count). The number of hydrogen-bond donors (Lipinski definition) is 2. The number of nitrogens with one attached hydrogen (secondary N) is 1. The predicted molar refractivity (Wildman–Crippen MR) is 67.1 cm³/mol. The molecule has 2 N–H and O–H groups in total. The Balaban J connectivity index is 2.50. The molecule has 0 fully saturated rings. The Hall–Kier alpha value is -0.380. The van der Waals surface area contributed by atoms with E-state index in [0.717, 1.165) is 11.0 Å². The van der Waals surface area contributed by atoms with E-state index in [9.17, 15) is 0 Å². The fourth-order valence-electron chi connectivity index (χ4n) is 1.37. The van der Waals surface area contributed by atoms with Gasteiger partial charge in [0, 0.05) is 17.1 Å². The zero-order valence-corrected chi connectivity index (χ0v) is 10.8. The molecular weight excluding hydrogens is 254 g/mol.